The van der Waals surface area contributed by atoms with Gasteiger partial charge < -0.3 is 9.67 Å². The molecular formula is C11H6BrClFNO2. The van der Waals surface area contributed by atoms with Gasteiger partial charge in [-0.1, -0.05) is 11.6 Å². The van der Waals surface area contributed by atoms with Gasteiger partial charge in [0.15, 0.2) is 0 Å². The molecule has 3 nitrogen and oxygen atoms in total. The van der Waals surface area contributed by atoms with Crippen LogP contribution < -0.4 is 0 Å². The summed E-state index contributed by atoms with van der Waals surface area (Å²) in [7, 11) is 0. The predicted octanol–water partition coefficient (Wildman–Crippen LogP) is 3.73. The molecule has 2 aromatic rings. The summed E-state index contributed by atoms with van der Waals surface area (Å²) in [5, 5.41) is 9.32. The first kappa shape index (κ1) is 12.1. The zero-order chi connectivity index (χ0) is 12.6. The second-order valence-electron chi connectivity index (χ2n) is 3.31. The van der Waals surface area contributed by atoms with Gasteiger partial charge in [0.2, 0.25) is 0 Å². The first-order valence-corrected chi connectivity index (χ1v) is 5.73. The third-order valence-electron chi connectivity index (χ3n) is 2.17. The summed E-state index contributed by atoms with van der Waals surface area (Å²) in [6.45, 7) is 0. The molecule has 0 spiro atoms. The van der Waals surface area contributed by atoms with Crippen LogP contribution in [-0.2, 0) is 0 Å². The maximum absolute atomic E-state index is 12.9. The van der Waals surface area contributed by atoms with E-state index in [9.17, 15) is 9.18 Å². The van der Waals surface area contributed by atoms with E-state index in [-0.39, 0.29) is 5.69 Å². The van der Waals surface area contributed by atoms with Gasteiger partial charge in [-0.3, -0.25) is 0 Å². The van der Waals surface area contributed by atoms with Crippen molar-refractivity contribution in [3.05, 3.63) is 51.5 Å². The number of carboxylic acids is 1. The Morgan fingerprint density at radius 2 is 2.12 bits per heavy atom. The highest BCUT2D eigenvalue weighted by molar-refractivity contribution is 9.10. The molecule has 1 N–H and O–H groups in total. The van der Waals surface area contributed by atoms with Crippen LogP contribution in [0.15, 0.2) is 34.9 Å². The van der Waals surface area contributed by atoms with Crippen LogP contribution in [0.2, 0.25) is 5.02 Å². The third-order valence-corrected chi connectivity index (χ3v) is 3.02. The van der Waals surface area contributed by atoms with E-state index in [4.69, 9.17) is 16.7 Å². The van der Waals surface area contributed by atoms with Crippen molar-refractivity contribution in [2.24, 2.45) is 0 Å². The Kier molecular flexibility index (Phi) is 3.22. The molecule has 88 valence electrons. The van der Waals surface area contributed by atoms with Crippen molar-refractivity contribution in [1.82, 2.24) is 4.57 Å². The summed E-state index contributed by atoms with van der Waals surface area (Å²) in [6.07, 6.45) is 1.46. The number of aromatic nitrogens is 1. The summed E-state index contributed by atoms with van der Waals surface area (Å²) in [5.74, 6) is -1.51. The first-order chi connectivity index (χ1) is 7.99. The van der Waals surface area contributed by atoms with Crippen LogP contribution in [0.25, 0.3) is 5.69 Å². The van der Waals surface area contributed by atoms with Crippen molar-refractivity contribution < 1.29 is 14.3 Å². The summed E-state index contributed by atoms with van der Waals surface area (Å²) in [6, 6.07) is 5.32. The van der Waals surface area contributed by atoms with Crippen LogP contribution in [-0.4, -0.2) is 15.6 Å². The Morgan fingerprint density at radius 1 is 1.41 bits per heavy atom. The fourth-order valence-electron chi connectivity index (χ4n) is 1.47. The SMILES string of the molecule is O=C(O)c1cc(Cl)cn1-c1ccc(F)cc1Br. The molecule has 0 bridgehead atoms. The monoisotopic (exact) mass is 317 g/mol. The van der Waals surface area contributed by atoms with E-state index in [0.717, 1.165) is 0 Å². The molecule has 1 heterocycles. The van der Waals surface area contributed by atoms with E-state index < -0.39 is 11.8 Å². The quantitative estimate of drug-likeness (QED) is 0.916. The highest BCUT2D eigenvalue weighted by atomic mass is 79.9. The number of carboxylic acid groups (broad SMARTS) is 1. The lowest BCUT2D eigenvalue weighted by Crippen LogP contribution is -2.06. The van der Waals surface area contributed by atoms with Gasteiger partial charge in [-0.25, -0.2) is 9.18 Å². The van der Waals surface area contributed by atoms with Crippen molar-refractivity contribution in [3.63, 3.8) is 0 Å². The van der Waals surface area contributed by atoms with Gasteiger partial charge in [-0.2, -0.15) is 0 Å². The van der Waals surface area contributed by atoms with Crippen molar-refractivity contribution in [1.29, 1.82) is 0 Å². The maximum atomic E-state index is 12.9. The van der Waals surface area contributed by atoms with E-state index in [2.05, 4.69) is 15.9 Å². The average Bonchev–Trinajstić information content (AvgIpc) is 2.60. The number of hydrogen-bond donors (Lipinski definition) is 1. The van der Waals surface area contributed by atoms with Gasteiger partial charge in [0, 0.05) is 10.7 Å². The molecule has 0 fully saturated rings. The fraction of sp³-hybridized carbons (Fsp3) is 0. The van der Waals surface area contributed by atoms with Crippen LogP contribution in [0.5, 0.6) is 0 Å². The smallest absolute Gasteiger partial charge is 0.352 e. The molecule has 0 atom stereocenters. The summed E-state index contributed by atoms with van der Waals surface area (Å²) >= 11 is 8.95. The topological polar surface area (TPSA) is 42.2 Å². The van der Waals surface area contributed by atoms with E-state index >= 15 is 0 Å². The number of nitrogens with zero attached hydrogens (tertiary/aromatic N) is 1. The molecular weight excluding hydrogens is 312 g/mol. The van der Waals surface area contributed by atoms with Crippen molar-refractivity contribution in [2.45, 2.75) is 0 Å². The highest BCUT2D eigenvalue weighted by Crippen LogP contribution is 2.26. The fourth-order valence-corrected chi connectivity index (χ4v) is 2.21. The van der Waals surface area contributed by atoms with Crippen LogP contribution in [0, 0.1) is 5.82 Å². The Balaban J connectivity index is 2.63. The van der Waals surface area contributed by atoms with E-state index in [0.29, 0.717) is 15.2 Å². The first-order valence-electron chi connectivity index (χ1n) is 4.55. The molecule has 2 rings (SSSR count). The van der Waals surface area contributed by atoms with Crippen molar-refractivity contribution in [2.75, 3.05) is 0 Å². The maximum Gasteiger partial charge on any atom is 0.352 e. The van der Waals surface area contributed by atoms with Crippen molar-refractivity contribution >= 4 is 33.5 Å². The van der Waals surface area contributed by atoms with Crippen LogP contribution in [0.3, 0.4) is 0 Å². The molecule has 0 saturated heterocycles. The predicted molar refractivity (Wildman–Crippen MR) is 65.4 cm³/mol. The zero-order valence-corrected chi connectivity index (χ0v) is 10.7. The average molecular weight is 319 g/mol. The van der Waals surface area contributed by atoms with Crippen LogP contribution in [0.4, 0.5) is 4.39 Å². The molecule has 0 unspecified atom stereocenters. The van der Waals surface area contributed by atoms with Gasteiger partial charge in [-0.05, 0) is 40.2 Å². The number of benzene rings is 1. The number of aromatic carboxylic acids is 1. The van der Waals surface area contributed by atoms with Gasteiger partial charge in [-0.15, -0.1) is 0 Å². The number of rotatable bonds is 2. The summed E-state index contributed by atoms with van der Waals surface area (Å²) in [5.41, 5.74) is 0.526. The normalized spacial score (nSPS) is 10.5. The van der Waals surface area contributed by atoms with Crippen molar-refractivity contribution in [3.8, 4) is 5.69 Å². The molecule has 1 aromatic carbocycles. The molecule has 0 aliphatic rings. The number of hydrogen-bond acceptors (Lipinski definition) is 1. The standard InChI is InChI=1S/C11H6BrClFNO2/c12-8-4-7(14)1-2-9(8)15-5-6(13)3-10(15)11(16)17/h1-5H,(H,16,17). The van der Waals surface area contributed by atoms with E-state index in [1.165, 1.54) is 35.0 Å². The molecule has 0 saturated carbocycles. The Hall–Kier alpha value is -1.33. The van der Waals surface area contributed by atoms with E-state index in [1.807, 2.05) is 0 Å². The molecule has 17 heavy (non-hydrogen) atoms. The largest absolute Gasteiger partial charge is 0.477 e. The molecule has 0 aliphatic carbocycles. The van der Waals surface area contributed by atoms with Crippen LogP contribution in [0.1, 0.15) is 10.5 Å². The molecule has 0 aliphatic heterocycles. The number of halogens is 3. The lowest BCUT2D eigenvalue weighted by atomic mass is 10.3. The van der Waals surface area contributed by atoms with Gasteiger partial charge in [0.1, 0.15) is 11.5 Å². The zero-order valence-electron chi connectivity index (χ0n) is 8.32. The minimum atomic E-state index is -1.10. The second-order valence-corrected chi connectivity index (χ2v) is 4.61. The Labute approximate surface area is 110 Å². The lowest BCUT2D eigenvalue weighted by Gasteiger charge is -2.08. The minimum Gasteiger partial charge on any atom is -0.477 e. The molecule has 0 radical (unpaired) electrons. The summed E-state index contributed by atoms with van der Waals surface area (Å²) < 4.78 is 14.8. The summed E-state index contributed by atoms with van der Waals surface area (Å²) in [4.78, 5) is 11.0. The van der Waals surface area contributed by atoms with Gasteiger partial charge in [0.05, 0.1) is 10.7 Å². The van der Waals surface area contributed by atoms with Crippen LogP contribution >= 0.6 is 27.5 Å². The number of carbonyl (C=O) groups is 1. The third kappa shape index (κ3) is 2.35. The molecule has 0 amide bonds. The molecule has 6 heteroatoms. The van der Waals surface area contributed by atoms with Gasteiger partial charge in [0.25, 0.3) is 0 Å². The highest BCUT2D eigenvalue weighted by Gasteiger charge is 2.15. The second kappa shape index (κ2) is 4.50. The Bertz CT molecular complexity index is 597. The lowest BCUT2D eigenvalue weighted by molar-refractivity contribution is 0.0688. The Morgan fingerprint density at radius 3 is 2.71 bits per heavy atom. The van der Waals surface area contributed by atoms with Gasteiger partial charge >= 0.3 is 5.97 Å². The van der Waals surface area contributed by atoms with E-state index in [1.54, 1.807) is 0 Å². The molecule has 1 aromatic heterocycles. The minimum absolute atomic E-state index is 0.0160.